The van der Waals surface area contributed by atoms with E-state index in [1.807, 2.05) is 61.5 Å². The molecule has 2 aliphatic heterocycles. The Hall–Kier alpha value is -3.17. The number of benzene rings is 3. The first kappa shape index (κ1) is 24.2. The van der Waals surface area contributed by atoms with Gasteiger partial charge in [0.25, 0.3) is 0 Å². The Morgan fingerprint density at radius 3 is 2.54 bits per heavy atom. The molecule has 1 fully saturated rings. The van der Waals surface area contributed by atoms with Gasteiger partial charge in [-0.2, -0.15) is 4.31 Å². The minimum atomic E-state index is -3.79. The van der Waals surface area contributed by atoms with Crippen molar-refractivity contribution in [1.82, 2.24) is 4.31 Å². The first-order chi connectivity index (χ1) is 17.9. The molecule has 1 N–H and O–H groups in total. The highest BCUT2D eigenvalue weighted by Gasteiger charge is 2.48. The van der Waals surface area contributed by atoms with E-state index in [1.54, 1.807) is 24.3 Å². The van der Waals surface area contributed by atoms with Gasteiger partial charge in [-0.3, -0.25) is 0 Å². The Morgan fingerprint density at radius 2 is 1.76 bits per heavy atom. The molecule has 0 radical (unpaired) electrons. The standard InChI is InChI=1S/C29H29NO6S/c1-19-7-10-22(11-8-19)37(32,33)30-16-24(21-9-12-27-29(13-21)36-18-35-27)23-14-28(26(31)15-25(23)30)34-17-20-5-3-2-4-6-20/h2-14,24-26,28,31H,15-18H2,1H3/t24-,25-,26+,28-/m0/s1. The second-order valence-corrected chi connectivity index (χ2v) is 11.7. The van der Waals surface area contributed by atoms with Crippen molar-refractivity contribution in [1.29, 1.82) is 0 Å². The third-order valence-corrected chi connectivity index (χ3v) is 9.30. The molecule has 0 bridgehead atoms. The second-order valence-electron chi connectivity index (χ2n) is 9.80. The van der Waals surface area contributed by atoms with Crippen LogP contribution in [0.5, 0.6) is 11.5 Å². The quantitative estimate of drug-likeness (QED) is 0.493. The van der Waals surface area contributed by atoms with Crippen LogP contribution in [0.4, 0.5) is 0 Å². The van der Waals surface area contributed by atoms with Gasteiger partial charge in [0, 0.05) is 18.5 Å². The normalized spacial score (nSPS) is 25.1. The van der Waals surface area contributed by atoms with Crippen molar-refractivity contribution in [2.45, 2.75) is 49.0 Å². The fourth-order valence-corrected chi connectivity index (χ4v) is 7.06. The maximum atomic E-state index is 13.8. The molecule has 37 heavy (non-hydrogen) atoms. The summed E-state index contributed by atoms with van der Waals surface area (Å²) in [6, 6.07) is 22.0. The van der Waals surface area contributed by atoms with Crippen molar-refractivity contribution < 1.29 is 27.7 Å². The number of aliphatic hydroxyl groups is 1. The van der Waals surface area contributed by atoms with Gasteiger partial charge in [-0.05, 0) is 54.3 Å². The van der Waals surface area contributed by atoms with Gasteiger partial charge < -0.3 is 19.3 Å². The SMILES string of the molecule is Cc1ccc(S(=O)(=O)N2C[C@@H](c3ccc4c(c3)OCO4)C3=C[C@H](OCc4ccccc4)[C@H](O)C[C@@H]32)cc1. The van der Waals surface area contributed by atoms with E-state index < -0.39 is 28.3 Å². The van der Waals surface area contributed by atoms with E-state index in [2.05, 4.69) is 0 Å². The maximum Gasteiger partial charge on any atom is 0.243 e. The van der Waals surface area contributed by atoms with Crippen molar-refractivity contribution >= 4 is 10.0 Å². The molecule has 6 rings (SSSR count). The lowest BCUT2D eigenvalue weighted by Gasteiger charge is -2.33. The number of rotatable bonds is 6. The summed E-state index contributed by atoms with van der Waals surface area (Å²) in [5.41, 5.74) is 3.89. The highest BCUT2D eigenvalue weighted by Crippen LogP contribution is 2.46. The molecule has 8 heteroatoms. The van der Waals surface area contributed by atoms with Crippen LogP contribution in [0.15, 0.2) is 89.3 Å². The average Bonchev–Trinajstić information content (AvgIpc) is 3.52. The number of sulfonamides is 1. The maximum absolute atomic E-state index is 13.8. The van der Waals surface area contributed by atoms with Crippen molar-refractivity contribution in [3.8, 4) is 11.5 Å². The van der Waals surface area contributed by atoms with Crippen LogP contribution in [0, 0.1) is 6.92 Å². The molecular formula is C29H29NO6S. The van der Waals surface area contributed by atoms with Gasteiger partial charge in [-0.1, -0.05) is 60.2 Å². The Balaban J connectivity index is 1.36. The third kappa shape index (κ3) is 4.55. The minimum Gasteiger partial charge on any atom is -0.454 e. The number of nitrogens with zero attached hydrogens (tertiary/aromatic N) is 1. The van der Waals surface area contributed by atoms with Crippen LogP contribution < -0.4 is 9.47 Å². The second kappa shape index (κ2) is 9.61. The summed E-state index contributed by atoms with van der Waals surface area (Å²) in [7, 11) is -3.79. The van der Waals surface area contributed by atoms with Crippen LogP contribution in [-0.2, 0) is 21.4 Å². The number of hydrogen-bond acceptors (Lipinski definition) is 6. The Labute approximate surface area is 217 Å². The molecule has 1 saturated heterocycles. The van der Waals surface area contributed by atoms with Crippen LogP contribution in [0.25, 0.3) is 0 Å². The van der Waals surface area contributed by atoms with E-state index in [0.717, 1.165) is 22.3 Å². The highest BCUT2D eigenvalue weighted by molar-refractivity contribution is 7.89. The molecule has 3 aromatic carbocycles. The van der Waals surface area contributed by atoms with E-state index in [-0.39, 0.29) is 30.6 Å². The van der Waals surface area contributed by atoms with Gasteiger partial charge in [0.1, 0.15) is 6.10 Å². The third-order valence-electron chi connectivity index (χ3n) is 7.41. The Bertz CT molecular complexity index is 1420. The molecule has 0 aromatic heterocycles. The predicted octanol–water partition coefficient (Wildman–Crippen LogP) is 4.16. The lowest BCUT2D eigenvalue weighted by molar-refractivity contribution is -0.0315. The van der Waals surface area contributed by atoms with Crippen LogP contribution >= 0.6 is 0 Å². The lowest BCUT2D eigenvalue weighted by atomic mass is 9.83. The summed E-state index contributed by atoms with van der Waals surface area (Å²) in [6.45, 7) is 2.72. The van der Waals surface area contributed by atoms with Crippen LogP contribution in [0.1, 0.15) is 29.0 Å². The van der Waals surface area contributed by atoms with E-state index in [9.17, 15) is 13.5 Å². The predicted molar refractivity (Wildman–Crippen MR) is 138 cm³/mol. The van der Waals surface area contributed by atoms with Crippen molar-refractivity contribution in [2.75, 3.05) is 13.3 Å². The molecule has 192 valence electrons. The van der Waals surface area contributed by atoms with E-state index >= 15 is 0 Å². The summed E-state index contributed by atoms with van der Waals surface area (Å²) in [5, 5.41) is 11.0. The Morgan fingerprint density at radius 1 is 1.00 bits per heavy atom. The number of hydrogen-bond donors (Lipinski definition) is 1. The van der Waals surface area contributed by atoms with Gasteiger partial charge in [-0.25, -0.2) is 8.42 Å². The van der Waals surface area contributed by atoms with Gasteiger partial charge in [-0.15, -0.1) is 0 Å². The van der Waals surface area contributed by atoms with Gasteiger partial charge in [0.2, 0.25) is 16.8 Å². The zero-order valence-corrected chi connectivity index (χ0v) is 21.3. The molecule has 7 nitrogen and oxygen atoms in total. The zero-order chi connectivity index (χ0) is 25.6. The molecule has 0 saturated carbocycles. The number of aryl methyl sites for hydroxylation is 1. The van der Waals surface area contributed by atoms with E-state index in [1.165, 1.54) is 4.31 Å². The molecule has 4 atom stereocenters. The molecule has 0 amide bonds. The molecule has 0 unspecified atom stereocenters. The van der Waals surface area contributed by atoms with E-state index in [0.29, 0.717) is 18.1 Å². The fraction of sp³-hybridized carbons (Fsp3) is 0.310. The lowest BCUT2D eigenvalue weighted by Crippen LogP contribution is -2.43. The molecule has 3 aliphatic rings. The highest BCUT2D eigenvalue weighted by atomic mass is 32.2. The summed E-state index contributed by atoms with van der Waals surface area (Å²) >= 11 is 0. The first-order valence-corrected chi connectivity index (χ1v) is 13.9. The van der Waals surface area contributed by atoms with Crippen LogP contribution in [-0.4, -0.2) is 49.4 Å². The number of fused-ring (bicyclic) bond motifs is 2. The van der Waals surface area contributed by atoms with E-state index in [4.69, 9.17) is 14.2 Å². The molecule has 1 aliphatic carbocycles. The van der Waals surface area contributed by atoms with Gasteiger partial charge in [0.05, 0.1) is 17.6 Å². The molecular weight excluding hydrogens is 490 g/mol. The van der Waals surface area contributed by atoms with Crippen LogP contribution in [0.3, 0.4) is 0 Å². The smallest absolute Gasteiger partial charge is 0.243 e. The number of ether oxygens (including phenoxy) is 3. The molecule has 2 heterocycles. The summed E-state index contributed by atoms with van der Waals surface area (Å²) in [6.07, 6.45) is 0.827. The minimum absolute atomic E-state index is 0.171. The fourth-order valence-electron chi connectivity index (χ4n) is 5.42. The number of aliphatic hydroxyl groups excluding tert-OH is 1. The summed E-state index contributed by atoms with van der Waals surface area (Å²) in [4.78, 5) is 0.251. The first-order valence-electron chi connectivity index (χ1n) is 12.4. The topological polar surface area (TPSA) is 85.3 Å². The van der Waals surface area contributed by atoms with Gasteiger partial charge in [0.15, 0.2) is 11.5 Å². The summed E-state index contributed by atoms with van der Waals surface area (Å²) < 4.78 is 46.3. The van der Waals surface area contributed by atoms with Gasteiger partial charge >= 0.3 is 0 Å². The van der Waals surface area contributed by atoms with Crippen molar-refractivity contribution in [3.63, 3.8) is 0 Å². The monoisotopic (exact) mass is 519 g/mol. The largest absolute Gasteiger partial charge is 0.454 e. The molecule has 3 aromatic rings. The van der Waals surface area contributed by atoms with Crippen molar-refractivity contribution in [3.05, 3.63) is 101 Å². The zero-order valence-electron chi connectivity index (χ0n) is 20.5. The van der Waals surface area contributed by atoms with Crippen molar-refractivity contribution in [2.24, 2.45) is 0 Å². The Kier molecular flexibility index (Phi) is 6.28. The summed E-state index contributed by atoms with van der Waals surface area (Å²) in [5.74, 6) is 1.14. The van der Waals surface area contributed by atoms with Crippen LogP contribution in [0.2, 0.25) is 0 Å². The molecule has 0 spiro atoms. The average molecular weight is 520 g/mol.